The van der Waals surface area contributed by atoms with E-state index in [0.29, 0.717) is 15.3 Å². The molecule has 0 aliphatic rings. The van der Waals surface area contributed by atoms with Crippen molar-refractivity contribution in [2.45, 2.75) is 13.0 Å². The second kappa shape index (κ2) is 9.12. The van der Waals surface area contributed by atoms with Crippen molar-refractivity contribution < 1.29 is 4.79 Å². The van der Waals surface area contributed by atoms with Crippen LogP contribution in [-0.4, -0.2) is 32.2 Å². The molecule has 1 aromatic carbocycles. The average molecular weight is 389 g/mol. The normalized spacial score (nSPS) is 11.0. The second-order valence-corrected chi connectivity index (χ2v) is 6.72. The predicted octanol–water partition coefficient (Wildman–Crippen LogP) is 3.54. The Morgan fingerprint density at radius 1 is 1.27 bits per heavy atom. The quantitative estimate of drug-likeness (QED) is 0.455. The number of aromatic nitrogens is 4. The molecule has 3 rings (SSSR count). The minimum absolute atomic E-state index is 0.285. The van der Waals surface area contributed by atoms with E-state index in [0.717, 1.165) is 25.1 Å². The third-order valence-electron chi connectivity index (χ3n) is 3.40. The van der Waals surface area contributed by atoms with Crippen molar-refractivity contribution in [3.8, 4) is 0 Å². The first kappa shape index (κ1) is 18.1. The fourth-order valence-corrected chi connectivity index (χ4v) is 3.01. The molecular weight excluding hydrogens is 372 g/mol. The third-order valence-corrected chi connectivity index (χ3v) is 4.54. The van der Waals surface area contributed by atoms with Gasteiger partial charge in [0.15, 0.2) is 0 Å². The van der Waals surface area contributed by atoms with Gasteiger partial charge in [-0.2, -0.15) is 0 Å². The summed E-state index contributed by atoms with van der Waals surface area (Å²) >= 11 is 7.34. The fraction of sp³-hybridized carbons (Fsp3) is 0.176. The molecule has 2 aromatic heterocycles. The predicted molar refractivity (Wildman–Crippen MR) is 104 cm³/mol. The molecule has 0 bridgehead atoms. The SMILES string of the molecule is O=C(/C=C/c1ccccc1Cl)Nc1nnc(NCCCn2ccnc2)s1. The van der Waals surface area contributed by atoms with E-state index >= 15 is 0 Å². The number of amides is 1. The molecule has 9 heteroatoms. The number of hydrogen-bond acceptors (Lipinski definition) is 6. The minimum atomic E-state index is -0.285. The van der Waals surface area contributed by atoms with Crippen molar-refractivity contribution >= 4 is 45.2 Å². The van der Waals surface area contributed by atoms with Gasteiger partial charge < -0.3 is 9.88 Å². The van der Waals surface area contributed by atoms with Crippen molar-refractivity contribution in [1.29, 1.82) is 0 Å². The zero-order chi connectivity index (χ0) is 18.2. The Morgan fingerprint density at radius 3 is 2.92 bits per heavy atom. The van der Waals surface area contributed by atoms with Crippen LogP contribution in [0.25, 0.3) is 6.08 Å². The topological polar surface area (TPSA) is 84.7 Å². The maximum Gasteiger partial charge on any atom is 0.250 e. The lowest BCUT2D eigenvalue weighted by Gasteiger charge is -2.02. The molecule has 0 spiro atoms. The van der Waals surface area contributed by atoms with Gasteiger partial charge in [0.05, 0.1) is 6.33 Å². The maximum absolute atomic E-state index is 12.0. The van der Waals surface area contributed by atoms with Crippen molar-refractivity contribution in [1.82, 2.24) is 19.7 Å². The van der Waals surface area contributed by atoms with Gasteiger partial charge in [0, 0.05) is 36.6 Å². The molecule has 26 heavy (non-hydrogen) atoms. The number of halogens is 1. The van der Waals surface area contributed by atoms with E-state index in [2.05, 4.69) is 25.8 Å². The first-order chi connectivity index (χ1) is 12.7. The Morgan fingerprint density at radius 2 is 2.12 bits per heavy atom. The molecule has 3 aromatic rings. The molecular formula is C17H17ClN6OS. The van der Waals surface area contributed by atoms with Crippen LogP contribution >= 0.6 is 22.9 Å². The molecule has 0 saturated carbocycles. The van der Waals surface area contributed by atoms with Gasteiger partial charge in [-0.05, 0) is 24.1 Å². The highest BCUT2D eigenvalue weighted by Crippen LogP contribution is 2.20. The molecule has 134 valence electrons. The van der Waals surface area contributed by atoms with Gasteiger partial charge in [-0.15, -0.1) is 10.2 Å². The summed E-state index contributed by atoms with van der Waals surface area (Å²) < 4.78 is 2.01. The second-order valence-electron chi connectivity index (χ2n) is 5.34. The molecule has 0 saturated heterocycles. The summed E-state index contributed by atoms with van der Waals surface area (Å²) in [5.41, 5.74) is 0.779. The highest BCUT2D eigenvalue weighted by molar-refractivity contribution is 7.19. The first-order valence-corrected chi connectivity index (χ1v) is 9.17. The van der Waals surface area contributed by atoms with E-state index in [1.165, 1.54) is 17.4 Å². The first-order valence-electron chi connectivity index (χ1n) is 7.97. The van der Waals surface area contributed by atoms with Gasteiger partial charge in [0.25, 0.3) is 0 Å². The Balaban J connectivity index is 1.44. The van der Waals surface area contributed by atoms with Crippen LogP contribution in [0.5, 0.6) is 0 Å². The summed E-state index contributed by atoms with van der Waals surface area (Å²) in [4.78, 5) is 16.0. The summed E-state index contributed by atoms with van der Waals surface area (Å²) in [5, 5.41) is 15.6. The molecule has 0 unspecified atom stereocenters. The highest BCUT2D eigenvalue weighted by Gasteiger charge is 2.06. The Hall–Kier alpha value is -2.71. The molecule has 7 nitrogen and oxygen atoms in total. The molecule has 2 heterocycles. The summed E-state index contributed by atoms with van der Waals surface area (Å²) in [6, 6.07) is 7.31. The van der Waals surface area contributed by atoms with E-state index in [-0.39, 0.29) is 5.91 Å². The van der Waals surface area contributed by atoms with Gasteiger partial charge in [-0.25, -0.2) is 4.98 Å². The van der Waals surface area contributed by atoms with Crippen molar-refractivity contribution in [3.05, 3.63) is 59.6 Å². The van der Waals surface area contributed by atoms with E-state index in [4.69, 9.17) is 11.6 Å². The number of aryl methyl sites for hydroxylation is 1. The Kier molecular flexibility index (Phi) is 6.34. The Labute approximate surface area is 159 Å². The number of nitrogens with zero attached hydrogens (tertiary/aromatic N) is 4. The maximum atomic E-state index is 12.0. The number of nitrogens with one attached hydrogen (secondary N) is 2. The number of benzene rings is 1. The molecule has 0 aliphatic carbocycles. The smallest absolute Gasteiger partial charge is 0.250 e. The lowest BCUT2D eigenvalue weighted by atomic mass is 10.2. The van der Waals surface area contributed by atoms with Gasteiger partial charge >= 0.3 is 0 Å². The van der Waals surface area contributed by atoms with E-state index in [9.17, 15) is 4.79 Å². The molecule has 0 atom stereocenters. The Bertz CT molecular complexity index is 877. The molecule has 1 amide bonds. The van der Waals surface area contributed by atoms with Gasteiger partial charge in [-0.1, -0.05) is 41.1 Å². The van der Waals surface area contributed by atoms with Crippen LogP contribution < -0.4 is 10.6 Å². The standard InChI is InChI=1S/C17H17ClN6OS/c18-14-5-2-1-4-13(14)6-7-15(25)21-17-23-22-16(26-17)20-8-3-10-24-11-9-19-12-24/h1-2,4-7,9,11-12H,3,8,10H2,(H,20,22)(H,21,23,25)/b7-6+. The number of hydrogen-bond donors (Lipinski definition) is 2. The van der Waals surface area contributed by atoms with Crippen LogP contribution in [0.3, 0.4) is 0 Å². The zero-order valence-corrected chi connectivity index (χ0v) is 15.4. The number of rotatable bonds is 8. The number of anilines is 2. The van der Waals surface area contributed by atoms with Crippen LogP contribution in [0, 0.1) is 0 Å². The zero-order valence-electron chi connectivity index (χ0n) is 13.8. The van der Waals surface area contributed by atoms with Gasteiger partial charge in [0.2, 0.25) is 16.2 Å². The van der Waals surface area contributed by atoms with E-state index < -0.39 is 0 Å². The van der Waals surface area contributed by atoms with Crippen LogP contribution in [0.4, 0.5) is 10.3 Å². The summed E-state index contributed by atoms with van der Waals surface area (Å²) in [6.07, 6.45) is 9.48. The monoisotopic (exact) mass is 388 g/mol. The number of carbonyl (C=O) groups excluding carboxylic acids is 1. The van der Waals surface area contributed by atoms with Crippen molar-refractivity contribution in [2.75, 3.05) is 17.2 Å². The fourth-order valence-electron chi connectivity index (χ4n) is 2.14. The van der Waals surface area contributed by atoms with E-state index in [1.54, 1.807) is 24.7 Å². The van der Waals surface area contributed by atoms with Crippen LogP contribution in [0.2, 0.25) is 5.02 Å². The lowest BCUT2D eigenvalue weighted by Crippen LogP contribution is -2.07. The van der Waals surface area contributed by atoms with Crippen molar-refractivity contribution in [3.63, 3.8) is 0 Å². The van der Waals surface area contributed by atoms with Gasteiger partial charge in [0.1, 0.15) is 0 Å². The highest BCUT2D eigenvalue weighted by atomic mass is 35.5. The number of carbonyl (C=O) groups is 1. The summed E-state index contributed by atoms with van der Waals surface area (Å²) in [6.45, 7) is 1.63. The van der Waals surface area contributed by atoms with Crippen LogP contribution in [0.1, 0.15) is 12.0 Å². The summed E-state index contributed by atoms with van der Waals surface area (Å²) in [5.74, 6) is -0.285. The number of imidazole rings is 1. The average Bonchev–Trinajstić information content (AvgIpc) is 3.30. The molecule has 2 N–H and O–H groups in total. The largest absolute Gasteiger partial charge is 0.360 e. The lowest BCUT2D eigenvalue weighted by molar-refractivity contribution is -0.111. The third kappa shape index (κ3) is 5.40. The van der Waals surface area contributed by atoms with Gasteiger partial charge in [-0.3, -0.25) is 10.1 Å². The van der Waals surface area contributed by atoms with Crippen LogP contribution in [-0.2, 0) is 11.3 Å². The molecule has 0 aliphatic heterocycles. The van der Waals surface area contributed by atoms with Crippen molar-refractivity contribution in [2.24, 2.45) is 0 Å². The molecule has 0 radical (unpaired) electrons. The minimum Gasteiger partial charge on any atom is -0.360 e. The summed E-state index contributed by atoms with van der Waals surface area (Å²) in [7, 11) is 0. The van der Waals surface area contributed by atoms with E-state index in [1.807, 2.05) is 29.0 Å². The van der Waals surface area contributed by atoms with Crippen LogP contribution in [0.15, 0.2) is 49.1 Å². The molecule has 0 fully saturated rings.